The number of hydrogen-bond acceptors (Lipinski definition) is 3. The maximum atomic E-state index is 5.06. The van der Waals surface area contributed by atoms with Crippen LogP contribution in [0.5, 0.6) is 0 Å². The quantitative estimate of drug-likeness (QED) is 0.667. The van der Waals surface area contributed by atoms with Crippen LogP contribution in [0.15, 0.2) is 35.5 Å². The molecule has 0 aromatic heterocycles. The van der Waals surface area contributed by atoms with E-state index >= 15 is 0 Å². The van der Waals surface area contributed by atoms with Crippen LogP contribution in [0.1, 0.15) is 0 Å². The molecule has 0 radical (unpaired) electrons. The van der Waals surface area contributed by atoms with Gasteiger partial charge in [0.15, 0.2) is 0 Å². The molecule has 0 bridgehead atoms. The summed E-state index contributed by atoms with van der Waals surface area (Å²) in [6, 6.07) is 10.5. The summed E-state index contributed by atoms with van der Waals surface area (Å²) in [5.74, 6) is 0.523. The third kappa shape index (κ3) is 1.16. The molecular formula is C11H12N2O. The fourth-order valence-corrected chi connectivity index (χ4v) is 2.06. The highest BCUT2D eigenvalue weighted by Gasteiger charge is 2.33. The molecule has 72 valence electrons. The van der Waals surface area contributed by atoms with Crippen molar-refractivity contribution in [1.29, 1.82) is 0 Å². The van der Waals surface area contributed by atoms with Crippen molar-refractivity contribution in [2.24, 2.45) is 11.1 Å². The highest BCUT2D eigenvalue weighted by atomic mass is 16.6. The van der Waals surface area contributed by atoms with E-state index in [1.807, 2.05) is 6.07 Å². The monoisotopic (exact) mass is 188 g/mol. The first kappa shape index (κ1) is 7.85. The molecule has 14 heavy (non-hydrogen) atoms. The van der Waals surface area contributed by atoms with Gasteiger partial charge in [0.1, 0.15) is 6.61 Å². The maximum Gasteiger partial charge on any atom is 0.127 e. The zero-order chi connectivity index (χ0) is 9.38. The Morgan fingerprint density at radius 2 is 2.14 bits per heavy atom. The minimum absolute atomic E-state index is 0.523. The lowest BCUT2D eigenvalue weighted by molar-refractivity contribution is 0.155. The van der Waals surface area contributed by atoms with Crippen LogP contribution in [0, 0.1) is 5.92 Å². The summed E-state index contributed by atoms with van der Waals surface area (Å²) in [4.78, 5) is 7.41. The Morgan fingerprint density at radius 1 is 1.29 bits per heavy atom. The van der Waals surface area contributed by atoms with Gasteiger partial charge in [-0.25, -0.2) is 0 Å². The number of hydrogen-bond donors (Lipinski definition) is 0. The smallest absolute Gasteiger partial charge is 0.127 e. The third-order valence-electron chi connectivity index (χ3n) is 2.84. The number of benzene rings is 1. The van der Waals surface area contributed by atoms with E-state index in [1.165, 1.54) is 11.4 Å². The molecule has 3 nitrogen and oxygen atoms in total. The molecule has 0 saturated carbocycles. The first-order chi connectivity index (χ1) is 6.93. The lowest BCUT2D eigenvalue weighted by Gasteiger charge is -2.17. The van der Waals surface area contributed by atoms with E-state index in [9.17, 15) is 0 Å². The molecule has 1 unspecified atom stereocenters. The zero-order valence-electron chi connectivity index (χ0n) is 7.89. The van der Waals surface area contributed by atoms with Crippen LogP contribution in [0.25, 0.3) is 0 Å². The molecule has 0 aliphatic carbocycles. The van der Waals surface area contributed by atoms with E-state index in [0.29, 0.717) is 5.92 Å². The molecule has 1 atom stereocenters. The summed E-state index contributed by atoms with van der Waals surface area (Å²) in [6.07, 6.45) is 0. The van der Waals surface area contributed by atoms with Crippen molar-refractivity contribution < 1.29 is 4.84 Å². The minimum atomic E-state index is 0.523. The molecule has 2 aliphatic heterocycles. The molecule has 1 aromatic rings. The average Bonchev–Trinajstić information content (AvgIpc) is 2.78. The summed E-state index contributed by atoms with van der Waals surface area (Å²) in [7, 11) is 0. The molecule has 2 aliphatic rings. The highest BCUT2D eigenvalue weighted by Crippen LogP contribution is 2.25. The Morgan fingerprint density at radius 3 is 2.93 bits per heavy atom. The number of fused-ring (bicyclic) bond motifs is 1. The van der Waals surface area contributed by atoms with E-state index in [0.717, 1.165) is 19.7 Å². The van der Waals surface area contributed by atoms with Crippen molar-refractivity contribution in [3.05, 3.63) is 30.3 Å². The van der Waals surface area contributed by atoms with Gasteiger partial charge in [-0.3, -0.25) is 0 Å². The van der Waals surface area contributed by atoms with Crippen LogP contribution in [-0.4, -0.2) is 25.4 Å². The lowest BCUT2D eigenvalue weighted by Crippen LogP contribution is -2.20. The van der Waals surface area contributed by atoms with Gasteiger partial charge in [0.25, 0.3) is 0 Å². The fourth-order valence-electron chi connectivity index (χ4n) is 2.06. The molecule has 1 fully saturated rings. The van der Waals surface area contributed by atoms with E-state index < -0.39 is 0 Å². The highest BCUT2D eigenvalue weighted by molar-refractivity contribution is 5.94. The Labute approximate surface area is 83.0 Å². The lowest BCUT2D eigenvalue weighted by atomic mass is 10.1. The standard InChI is InChI=1S/C11H12N2O/c1-2-4-10(5-3-1)13-6-9-8-14-12-11(9)7-13/h1-5,9H,6-8H2. The van der Waals surface area contributed by atoms with E-state index in [4.69, 9.17) is 4.84 Å². The molecule has 1 saturated heterocycles. The molecule has 0 spiro atoms. The van der Waals surface area contributed by atoms with Crippen molar-refractivity contribution in [3.8, 4) is 0 Å². The molecule has 0 N–H and O–H groups in total. The maximum absolute atomic E-state index is 5.06. The van der Waals surface area contributed by atoms with E-state index in [1.54, 1.807) is 0 Å². The number of oxime groups is 1. The number of para-hydroxylation sites is 1. The van der Waals surface area contributed by atoms with Gasteiger partial charge in [0.05, 0.1) is 18.2 Å². The van der Waals surface area contributed by atoms with Gasteiger partial charge >= 0.3 is 0 Å². The first-order valence-electron chi connectivity index (χ1n) is 4.92. The molecule has 3 rings (SSSR count). The number of anilines is 1. The van der Waals surface area contributed by atoms with Gasteiger partial charge in [-0.2, -0.15) is 0 Å². The van der Waals surface area contributed by atoms with Gasteiger partial charge in [-0.05, 0) is 12.1 Å². The van der Waals surface area contributed by atoms with Gasteiger partial charge < -0.3 is 9.74 Å². The second-order valence-electron chi connectivity index (χ2n) is 3.79. The zero-order valence-corrected chi connectivity index (χ0v) is 7.89. The van der Waals surface area contributed by atoms with E-state index in [-0.39, 0.29) is 0 Å². The topological polar surface area (TPSA) is 24.8 Å². The van der Waals surface area contributed by atoms with Crippen molar-refractivity contribution >= 4 is 11.4 Å². The van der Waals surface area contributed by atoms with Crippen LogP contribution in [0.4, 0.5) is 5.69 Å². The van der Waals surface area contributed by atoms with Gasteiger partial charge in [0.2, 0.25) is 0 Å². The Hall–Kier alpha value is -1.51. The summed E-state index contributed by atoms with van der Waals surface area (Å²) in [5.41, 5.74) is 2.48. The number of rotatable bonds is 1. The predicted molar refractivity (Wildman–Crippen MR) is 55.5 cm³/mol. The van der Waals surface area contributed by atoms with Crippen LogP contribution in [0.3, 0.4) is 0 Å². The Kier molecular flexibility index (Phi) is 1.69. The van der Waals surface area contributed by atoms with Crippen molar-refractivity contribution in [2.75, 3.05) is 24.6 Å². The third-order valence-corrected chi connectivity index (χ3v) is 2.84. The van der Waals surface area contributed by atoms with Gasteiger partial charge in [0, 0.05) is 12.2 Å². The summed E-state index contributed by atoms with van der Waals surface area (Å²) < 4.78 is 0. The van der Waals surface area contributed by atoms with Crippen molar-refractivity contribution in [2.45, 2.75) is 0 Å². The molecule has 0 amide bonds. The van der Waals surface area contributed by atoms with Crippen LogP contribution in [-0.2, 0) is 4.84 Å². The van der Waals surface area contributed by atoms with Crippen molar-refractivity contribution in [1.82, 2.24) is 0 Å². The van der Waals surface area contributed by atoms with Crippen LogP contribution in [0.2, 0.25) is 0 Å². The average molecular weight is 188 g/mol. The first-order valence-corrected chi connectivity index (χ1v) is 4.92. The largest absolute Gasteiger partial charge is 0.395 e. The molecule has 2 heterocycles. The number of nitrogens with zero attached hydrogens (tertiary/aromatic N) is 2. The Bertz CT molecular complexity index is 361. The van der Waals surface area contributed by atoms with Crippen molar-refractivity contribution in [3.63, 3.8) is 0 Å². The second kappa shape index (κ2) is 3.01. The Balaban J connectivity index is 1.83. The molecule has 1 aromatic carbocycles. The second-order valence-corrected chi connectivity index (χ2v) is 3.79. The summed E-state index contributed by atoms with van der Waals surface area (Å²) in [5, 5.41) is 4.05. The summed E-state index contributed by atoms with van der Waals surface area (Å²) >= 11 is 0. The minimum Gasteiger partial charge on any atom is -0.395 e. The molecule has 3 heteroatoms. The normalized spacial score (nSPS) is 24.4. The fraction of sp³-hybridized carbons (Fsp3) is 0.364. The van der Waals surface area contributed by atoms with Gasteiger partial charge in [-0.15, -0.1) is 0 Å². The van der Waals surface area contributed by atoms with Crippen LogP contribution >= 0.6 is 0 Å². The summed E-state index contributed by atoms with van der Waals surface area (Å²) in [6.45, 7) is 2.73. The molecular weight excluding hydrogens is 176 g/mol. The van der Waals surface area contributed by atoms with Gasteiger partial charge in [-0.1, -0.05) is 23.4 Å². The SMILES string of the molecule is c1ccc(N2CC3=NOCC3C2)cc1. The predicted octanol–water partition coefficient (Wildman–Crippen LogP) is 1.51. The van der Waals surface area contributed by atoms with E-state index in [2.05, 4.69) is 34.3 Å². The van der Waals surface area contributed by atoms with Crippen LogP contribution < -0.4 is 4.90 Å².